The van der Waals surface area contributed by atoms with Crippen LogP contribution in [0.1, 0.15) is 29.6 Å². The number of halogens is 1. The highest BCUT2D eigenvalue weighted by atomic mass is 35.5. The number of likely N-dealkylation sites (tertiary alicyclic amines) is 1. The molecule has 0 spiro atoms. The maximum absolute atomic E-state index is 13.2. The first-order valence-corrected chi connectivity index (χ1v) is 12.6. The van der Waals surface area contributed by atoms with Gasteiger partial charge < -0.3 is 31.2 Å². The third-order valence-corrected chi connectivity index (χ3v) is 6.33. The van der Waals surface area contributed by atoms with Crippen molar-refractivity contribution in [2.45, 2.75) is 37.4 Å². The van der Waals surface area contributed by atoms with Crippen molar-refractivity contribution in [1.82, 2.24) is 15.5 Å². The Balaban J connectivity index is 2.23. The number of aldehydes is 1. The van der Waals surface area contributed by atoms with Crippen LogP contribution in [-0.4, -0.2) is 85.1 Å². The molecule has 1 aliphatic heterocycles. The van der Waals surface area contributed by atoms with Gasteiger partial charge in [0.1, 0.15) is 28.2 Å². The minimum atomic E-state index is -3.74. The SMILES string of the molecule is CS(=O)(=O)CC(NC(=O)c1ccc(N)c(Cl)c1)C(=O)N1CCCC1C(=O)NC(C=O)CC(=O)O. The molecule has 2 rings (SSSR count). The molecule has 0 bridgehead atoms. The Morgan fingerprint density at radius 1 is 1.29 bits per heavy atom. The molecule has 0 aliphatic carbocycles. The number of benzene rings is 1. The Morgan fingerprint density at radius 3 is 2.53 bits per heavy atom. The van der Waals surface area contributed by atoms with Crippen molar-refractivity contribution >= 4 is 57.1 Å². The largest absolute Gasteiger partial charge is 0.481 e. The number of carboxylic acids is 1. The van der Waals surface area contributed by atoms with Crippen molar-refractivity contribution in [2.24, 2.45) is 0 Å². The van der Waals surface area contributed by atoms with Crippen molar-refractivity contribution in [3.63, 3.8) is 0 Å². The number of carboxylic acid groups (broad SMARTS) is 1. The number of aliphatic carboxylic acids is 1. The van der Waals surface area contributed by atoms with Crippen molar-refractivity contribution in [3.05, 3.63) is 28.8 Å². The monoisotopic (exact) mass is 516 g/mol. The van der Waals surface area contributed by atoms with E-state index in [1.54, 1.807) is 0 Å². The molecule has 1 saturated heterocycles. The van der Waals surface area contributed by atoms with E-state index < -0.39 is 63.8 Å². The normalized spacial score (nSPS) is 17.5. The van der Waals surface area contributed by atoms with Crippen LogP contribution in [0.3, 0.4) is 0 Å². The maximum Gasteiger partial charge on any atom is 0.305 e. The smallest absolute Gasteiger partial charge is 0.305 e. The Hall–Kier alpha value is -3.19. The van der Waals surface area contributed by atoms with E-state index in [9.17, 15) is 32.4 Å². The lowest BCUT2D eigenvalue weighted by Gasteiger charge is -2.29. The minimum absolute atomic E-state index is 0.0451. The lowest BCUT2D eigenvalue weighted by Crippen LogP contribution is -2.56. The van der Waals surface area contributed by atoms with Crippen molar-refractivity contribution in [1.29, 1.82) is 0 Å². The van der Waals surface area contributed by atoms with E-state index in [4.69, 9.17) is 22.4 Å². The molecule has 5 N–H and O–H groups in total. The number of anilines is 1. The average Bonchev–Trinajstić information content (AvgIpc) is 3.22. The Morgan fingerprint density at radius 2 is 1.97 bits per heavy atom. The van der Waals surface area contributed by atoms with Gasteiger partial charge in [-0.15, -0.1) is 0 Å². The van der Waals surface area contributed by atoms with Gasteiger partial charge in [-0.3, -0.25) is 19.2 Å². The molecule has 3 unspecified atom stereocenters. The van der Waals surface area contributed by atoms with E-state index in [0.29, 0.717) is 6.42 Å². The molecule has 1 aromatic rings. The van der Waals surface area contributed by atoms with E-state index in [-0.39, 0.29) is 35.5 Å². The summed E-state index contributed by atoms with van der Waals surface area (Å²) in [5.74, 6) is -4.35. The van der Waals surface area contributed by atoms with E-state index >= 15 is 0 Å². The van der Waals surface area contributed by atoms with Gasteiger partial charge in [0.15, 0.2) is 0 Å². The molecular formula is C20H25ClN4O8S. The molecule has 0 radical (unpaired) electrons. The Kier molecular flexibility index (Phi) is 8.99. The lowest BCUT2D eigenvalue weighted by atomic mass is 10.1. The predicted octanol–water partition coefficient (Wildman–Crippen LogP) is -0.785. The zero-order chi connectivity index (χ0) is 25.6. The number of hydrogen-bond donors (Lipinski definition) is 4. The first kappa shape index (κ1) is 27.1. The summed E-state index contributed by atoms with van der Waals surface area (Å²) in [4.78, 5) is 61.6. The van der Waals surface area contributed by atoms with Gasteiger partial charge in [0.25, 0.3) is 5.91 Å². The fourth-order valence-electron chi connectivity index (χ4n) is 3.49. The zero-order valence-corrected chi connectivity index (χ0v) is 19.8. The predicted molar refractivity (Wildman–Crippen MR) is 122 cm³/mol. The van der Waals surface area contributed by atoms with Crippen molar-refractivity contribution < 1.29 is 37.5 Å². The van der Waals surface area contributed by atoms with Crippen molar-refractivity contribution in [3.8, 4) is 0 Å². The second kappa shape index (κ2) is 11.3. The number of amides is 3. The van der Waals surface area contributed by atoms with Crippen LogP contribution in [0.25, 0.3) is 0 Å². The summed E-state index contributed by atoms with van der Waals surface area (Å²) < 4.78 is 23.9. The molecule has 186 valence electrons. The Labute approximate surface area is 200 Å². The molecule has 3 amide bonds. The average molecular weight is 517 g/mol. The second-order valence-electron chi connectivity index (χ2n) is 7.89. The first-order valence-electron chi connectivity index (χ1n) is 10.1. The summed E-state index contributed by atoms with van der Waals surface area (Å²) in [6.45, 7) is 0.103. The number of carbonyl (C=O) groups excluding carboxylic acids is 4. The van der Waals surface area contributed by atoms with Crippen molar-refractivity contribution in [2.75, 3.05) is 24.3 Å². The summed E-state index contributed by atoms with van der Waals surface area (Å²) >= 11 is 5.92. The van der Waals surface area contributed by atoms with Gasteiger partial charge in [-0.1, -0.05) is 11.6 Å². The molecule has 34 heavy (non-hydrogen) atoms. The Bertz CT molecular complexity index is 1090. The molecule has 1 heterocycles. The highest BCUT2D eigenvalue weighted by Gasteiger charge is 2.39. The molecule has 14 heteroatoms. The summed E-state index contributed by atoms with van der Waals surface area (Å²) in [6, 6.07) is 0.146. The lowest BCUT2D eigenvalue weighted by molar-refractivity contribution is -0.141. The number of sulfone groups is 1. The van der Waals surface area contributed by atoms with Gasteiger partial charge in [0.2, 0.25) is 11.8 Å². The number of carbonyl (C=O) groups is 5. The van der Waals surface area contributed by atoms with Crippen LogP contribution >= 0.6 is 11.6 Å². The molecule has 0 saturated carbocycles. The van der Waals surface area contributed by atoms with Crippen LogP contribution in [-0.2, 0) is 29.0 Å². The second-order valence-corrected chi connectivity index (χ2v) is 10.5. The van der Waals surface area contributed by atoms with Crippen LogP contribution in [0, 0.1) is 0 Å². The molecule has 1 fully saturated rings. The van der Waals surface area contributed by atoms with E-state index in [1.165, 1.54) is 18.2 Å². The molecule has 3 atom stereocenters. The van der Waals surface area contributed by atoms with Crippen LogP contribution in [0.5, 0.6) is 0 Å². The quantitative estimate of drug-likeness (QED) is 0.228. The number of nitrogens with zero attached hydrogens (tertiary/aromatic N) is 1. The number of nitrogens with two attached hydrogens (primary N) is 1. The fourth-order valence-corrected chi connectivity index (χ4v) is 4.50. The molecule has 1 aromatic carbocycles. The van der Waals surface area contributed by atoms with E-state index in [2.05, 4.69) is 10.6 Å². The van der Waals surface area contributed by atoms with Gasteiger partial charge in [0.05, 0.1) is 28.9 Å². The zero-order valence-electron chi connectivity index (χ0n) is 18.2. The summed E-state index contributed by atoms with van der Waals surface area (Å²) in [7, 11) is -3.74. The number of nitrogen functional groups attached to an aromatic ring is 1. The summed E-state index contributed by atoms with van der Waals surface area (Å²) in [5, 5.41) is 13.6. The van der Waals surface area contributed by atoms with Gasteiger partial charge in [-0.05, 0) is 31.0 Å². The van der Waals surface area contributed by atoms with E-state index in [0.717, 1.165) is 11.2 Å². The summed E-state index contributed by atoms with van der Waals surface area (Å²) in [6.07, 6.45) is 1.16. The molecule has 1 aliphatic rings. The van der Waals surface area contributed by atoms with Crippen LogP contribution in [0.2, 0.25) is 5.02 Å². The third kappa shape index (κ3) is 7.42. The molecule has 12 nitrogen and oxygen atoms in total. The standard InChI is InChI=1S/C20H25ClN4O8S/c1-34(32,33)10-15(24-18(29)11-4-5-14(22)13(21)7-11)20(31)25-6-2-3-16(25)19(30)23-12(9-26)8-17(27)28/h4-5,7,9,12,15-16H,2-3,6,8,10,22H2,1H3,(H,23,30)(H,24,29)(H,27,28). The van der Waals surface area contributed by atoms with Gasteiger partial charge in [-0.25, -0.2) is 8.42 Å². The van der Waals surface area contributed by atoms with Gasteiger partial charge >= 0.3 is 5.97 Å². The minimum Gasteiger partial charge on any atom is -0.481 e. The third-order valence-electron chi connectivity index (χ3n) is 5.06. The molecular weight excluding hydrogens is 492 g/mol. The molecule has 0 aromatic heterocycles. The van der Waals surface area contributed by atoms with Crippen LogP contribution in [0.4, 0.5) is 5.69 Å². The first-order chi connectivity index (χ1) is 15.8. The van der Waals surface area contributed by atoms with Crippen LogP contribution < -0.4 is 16.4 Å². The van der Waals surface area contributed by atoms with E-state index in [1.807, 2.05) is 0 Å². The highest BCUT2D eigenvalue weighted by Crippen LogP contribution is 2.21. The van der Waals surface area contributed by atoms with Crippen LogP contribution in [0.15, 0.2) is 18.2 Å². The highest BCUT2D eigenvalue weighted by molar-refractivity contribution is 7.90. The number of hydrogen-bond acceptors (Lipinski definition) is 8. The number of rotatable bonds is 10. The summed E-state index contributed by atoms with van der Waals surface area (Å²) in [5.41, 5.74) is 5.89. The van der Waals surface area contributed by atoms with Gasteiger partial charge in [-0.2, -0.15) is 0 Å². The maximum atomic E-state index is 13.2. The van der Waals surface area contributed by atoms with Gasteiger partial charge in [0, 0.05) is 18.4 Å². The number of nitrogens with one attached hydrogen (secondary N) is 2. The topological polar surface area (TPSA) is 193 Å². The fraction of sp³-hybridized carbons (Fsp3) is 0.450.